The number of hydrogen-bond acceptors (Lipinski definition) is 3. The standard InChI is InChI=1S/C22H27N3O2/c1-15(2)14-21(26)24-19-10-8-18(9-11-19)23-16(3)22(27)25-13-12-17-6-4-5-7-20(17)25/h4-11,15-16,23H,12-14H2,1-3H3,(H,24,26). The molecule has 0 saturated heterocycles. The maximum absolute atomic E-state index is 12.8. The van der Waals surface area contributed by atoms with Gasteiger partial charge >= 0.3 is 0 Å². The molecule has 5 nitrogen and oxygen atoms in total. The van der Waals surface area contributed by atoms with E-state index in [4.69, 9.17) is 0 Å². The second-order valence-corrected chi connectivity index (χ2v) is 7.46. The second-order valence-electron chi connectivity index (χ2n) is 7.46. The Bertz CT molecular complexity index is 815. The summed E-state index contributed by atoms with van der Waals surface area (Å²) >= 11 is 0. The number of nitrogens with zero attached hydrogens (tertiary/aromatic N) is 1. The Balaban J connectivity index is 1.59. The maximum Gasteiger partial charge on any atom is 0.249 e. The van der Waals surface area contributed by atoms with Gasteiger partial charge in [0.05, 0.1) is 0 Å². The smallest absolute Gasteiger partial charge is 0.249 e. The number of benzene rings is 2. The molecule has 0 spiro atoms. The molecule has 1 aliphatic rings. The zero-order valence-corrected chi connectivity index (χ0v) is 16.2. The summed E-state index contributed by atoms with van der Waals surface area (Å²) in [7, 11) is 0. The molecule has 142 valence electrons. The van der Waals surface area contributed by atoms with E-state index in [9.17, 15) is 9.59 Å². The van der Waals surface area contributed by atoms with Crippen molar-refractivity contribution in [2.24, 2.45) is 5.92 Å². The molecule has 2 N–H and O–H groups in total. The minimum atomic E-state index is -0.336. The summed E-state index contributed by atoms with van der Waals surface area (Å²) in [5.41, 5.74) is 3.85. The first-order valence-corrected chi connectivity index (χ1v) is 9.50. The molecule has 2 amide bonds. The van der Waals surface area contributed by atoms with Crippen molar-refractivity contribution in [1.29, 1.82) is 0 Å². The van der Waals surface area contributed by atoms with Crippen molar-refractivity contribution in [3.63, 3.8) is 0 Å². The number of amides is 2. The number of para-hydroxylation sites is 1. The van der Waals surface area contributed by atoms with Crippen LogP contribution < -0.4 is 15.5 Å². The van der Waals surface area contributed by atoms with E-state index in [1.807, 2.05) is 68.1 Å². The van der Waals surface area contributed by atoms with E-state index in [1.54, 1.807) is 0 Å². The molecular weight excluding hydrogens is 338 g/mol. The molecule has 3 rings (SSSR count). The molecule has 2 aromatic carbocycles. The van der Waals surface area contributed by atoms with E-state index < -0.39 is 0 Å². The van der Waals surface area contributed by atoms with Crippen LogP contribution in [0.25, 0.3) is 0 Å². The van der Waals surface area contributed by atoms with Crippen molar-refractivity contribution in [1.82, 2.24) is 0 Å². The SMILES string of the molecule is CC(C)CC(=O)Nc1ccc(NC(C)C(=O)N2CCc3ccccc32)cc1. The van der Waals surface area contributed by atoms with E-state index in [0.717, 1.165) is 30.0 Å². The van der Waals surface area contributed by atoms with Gasteiger partial charge in [0, 0.05) is 30.0 Å². The fourth-order valence-electron chi connectivity index (χ4n) is 3.35. The van der Waals surface area contributed by atoms with E-state index >= 15 is 0 Å². The lowest BCUT2D eigenvalue weighted by Gasteiger charge is -2.23. The van der Waals surface area contributed by atoms with Gasteiger partial charge in [0.2, 0.25) is 11.8 Å². The lowest BCUT2D eigenvalue weighted by atomic mass is 10.1. The van der Waals surface area contributed by atoms with Gasteiger partial charge in [-0.2, -0.15) is 0 Å². The lowest BCUT2D eigenvalue weighted by molar-refractivity contribution is -0.119. The van der Waals surface area contributed by atoms with Gasteiger partial charge in [0.1, 0.15) is 6.04 Å². The maximum atomic E-state index is 12.8. The van der Waals surface area contributed by atoms with Crippen LogP contribution in [0.2, 0.25) is 0 Å². The molecule has 0 bridgehead atoms. The molecule has 27 heavy (non-hydrogen) atoms. The molecule has 1 atom stereocenters. The third kappa shape index (κ3) is 4.67. The number of fused-ring (bicyclic) bond motifs is 1. The van der Waals surface area contributed by atoms with Crippen LogP contribution in [0.15, 0.2) is 48.5 Å². The van der Waals surface area contributed by atoms with Crippen LogP contribution >= 0.6 is 0 Å². The number of carbonyl (C=O) groups is 2. The van der Waals surface area contributed by atoms with Gasteiger partial charge in [-0.25, -0.2) is 0 Å². The van der Waals surface area contributed by atoms with Crippen LogP contribution in [0.3, 0.4) is 0 Å². The van der Waals surface area contributed by atoms with Gasteiger partial charge in [-0.1, -0.05) is 32.0 Å². The predicted molar refractivity (Wildman–Crippen MR) is 110 cm³/mol. The van der Waals surface area contributed by atoms with Crippen molar-refractivity contribution in [3.8, 4) is 0 Å². The topological polar surface area (TPSA) is 61.4 Å². The van der Waals surface area contributed by atoms with Gasteiger partial charge in [0.15, 0.2) is 0 Å². The first kappa shape index (κ1) is 19.0. The van der Waals surface area contributed by atoms with Crippen molar-refractivity contribution in [2.75, 3.05) is 22.1 Å². The minimum Gasteiger partial charge on any atom is -0.374 e. The molecule has 0 fully saturated rings. The van der Waals surface area contributed by atoms with Crippen LogP contribution in [0, 0.1) is 5.92 Å². The Hall–Kier alpha value is -2.82. The summed E-state index contributed by atoms with van der Waals surface area (Å²) in [6.07, 6.45) is 1.41. The highest BCUT2D eigenvalue weighted by Crippen LogP contribution is 2.28. The van der Waals surface area contributed by atoms with Gasteiger partial charge in [-0.05, 0) is 55.2 Å². The first-order chi connectivity index (χ1) is 12.9. The van der Waals surface area contributed by atoms with Gasteiger partial charge in [0.25, 0.3) is 0 Å². The number of nitrogens with one attached hydrogen (secondary N) is 2. The molecule has 2 aromatic rings. The molecule has 5 heteroatoms. The number of carbonyl (C=O) groups excluding carboxylic acids is 2. The molecule has 1 aliphatic heterocycles. The van der Waals surface area contributed by atoms with E-state index in [1.165, 1.54) is 5.56 Å². The Labute approximate surface area is 160 Å². The molecule has 1 heterocycles. The monoisotopic (exact) mass is 365 g/mol. The first-order valence-electron chi connectivity index (χ1n) is 9.50. The fourth-order valence-corrected chi connectivity index (χ4v) is 3.35. The summed E-state index contributed by atoms with van der Waals surface area (Å²) in [4.78, 5) is 26.5. The van der Waals surface area contributed by atoms with E-state index in [-0.39, 0.29) is 17.9 Å². The van der Waals surface area contributed by atoms with E-state index in [0.29, 0.717) is 12.3 Å². The summed E-state index contributed by atoms with van der Waals surface area (Å²) in [5, 5.41) is 6.15. The van der Waals surface area contributed by atoms with Crippen LogP contribution in [-0.4, -0.2) is 24.4 Å². The zero-order valence-electron chi connectivity index (χ0n) is 16.2. The zero-order chi connectivity index (χ0) is 19.4. The molecule has 0 radical (unpaired) electrons. The Kier molecular flexibility index (Phi) is 5.79. The van der Waals surface area contributed by atoms with Crippen LogP contribution in [0.5, 0.6) is 0 Å². The summed E-state index contributed by atoms with van der Waals surface area (Å²) in [6, 6.07) is 15.2. The van der Waals surface area contributed by atoms with Crippen molar-refractivity contribution >= 4 is 28.9 Å². The second kappa shape index (κ2) is 8.25. The normalized spacial score (nSPS) is 14.0. The average molecular weight is 365 g/mol. The van der Waals surface area contributed by atoms with Gasteiger partial charge < -0.3 is 15.5 Å². The molecule has 0 saturated carbocycles. The van der Waals surface area contributed by atoms with Crippen molar-refractivity contribution in [2.45, 2.75) is 39.7 Å². The van der Waals surface area contributed by atoms with Crippen LogP contribution in [0.1, 0.15) is 32.8 Å². The highest BCUT2D eigenvalue weighted by atomic mass is 16.2. The quantitative estimate of drug-likeness (QED) is 0.811. The van der Waals surface area contributed by atoms with Gasteiger partial charge in [-0.15, -0.1) is 0 Å². The Morgan fingerprint density at radius 2 is 1.67 bits per heavy atom. The number of rotatable bonds is 6. The molecular formula is C22H27N3O2. The average Bonchev–Trinajstić information content (AvgIpc) is 3.06. The number of hydrogen-bond donors (Lipinski definition) is 2. The number of anilines is 3. The highest BCUT2D eigenvalue weighted by Gasteiger charge is 2.27. The third-order valence-corrected chi connectivity index (χ3v) is 4.67. The van der Waals surface area contributed by atoms with Crippen molar-refractivity contribution in [3.05, 3.63) is 54.1 Å². The molecule has 0 aliphatic carbocycles. The van der Waals surface area contributed by atoms with Crippen molar-refractivity contribution < 1.29 is 9.59 Å². The lowest BCUT2D eigenvalue weighted by Crippen LogP contribution is -2.40. The summed E-state index contributed by atoms with van der Waals surface area (Å²) < 4.78 is 0. The third-order valence-electron chi connectivity index (χ3n) is 4.67. The van der Waals surface area contributed by atoms with Gasteiger partial charge in [-0.3, -0.25) is 9.59 Å². The fraction of sp³-hybridized carbons (Fsp3) is 0.364. The minimum absolute atomic E-state index is 0.0157. The Morgan fingerprint density at radius 3 is 2.37 bits per heavy atom. The molecule has 0 aromatic heterocycles. The predicted octanol–water partition coefficient (Wildman–Crippen LogP) is 4.06. The summed E-state index contributed by atoms with van der Waals surface area (Å²) in [6.45, 7) is 6.64. The Morgan fingerprint density at radius 1 is 1.00 bits per heavy atom. The summed E-state index contributed by atoms with van der Waals surface area (Å²) in [5.74, 6) is 0.407. The molecule has 1 unspecified atom stereocenters. The van der Waals surface area contributed by atoms with E-state index in [2.05, 4.69) is 16.7 Å². The largest absolute Gasteiger partial charge is 0.374 e. The van der Waals surface area contributed by atoms with Crippen LogP contribution in [0.4, 0.5) is 17.1 Å². The van der Waals surface area contributed by atoms with Crippen LogP contribution in [-0.2, 0) is 16.0 Å². The highest BCUT2D eigenvalue weighted by molar-refractivity contribution is 6.00.